The molecule has 1 N–H and O–H groups in total. The van der Waals surface area contributed by atoms with Crippen molar-refractivity contribution in [1.82, 2.24) is 10.2 Å². The Morgan fingerprint density at radius 1 is 1.33 bits per heavy atom. The quantitative estimate of drug-likeness (QED) is 0.720. The fourth-order valence-corrected chi connectivity index (χ4v) is 3.56. The van der Waals surface area contributed by atoms with E-state index in [1.54, 1.807) is 7.11 Å². The van der Waals surface area contributed by atoms with Gasteiger partial charge in [0, 0.05) is 26.2 Å². The largest absolute Gasteiger partial charge is 0.468 e. The molecule has 1 saturated carbocycles. The highest BCUT2D eigenvalue weighted by atomic mass is 16.5. The zero-order valence-electron chi connectivity index (χ0n) is 13.9. The number of carbonyl (C=O) groups excluding carboxylic acids is 1. The number of nitrogens with zero attached hydrogens (tertiary/aromatic N) is 1. The molecule has 2 atom stereocenters. The molecule has 0 spiro atoms. The van der Waals surface area contributed by atoms with E-state index in [-0.39, 0.29) is 18.1 Å². The molecule has 0 aromatic carbocycles. The van der Waals surface area contributed by atoms with E-state index >= 15 is 0 Å². The molecule has 5 nitrogen and oxygen atoms in total. The molecule has 0 aromatic heterocycles. The topological polar surface area (TPSA) is 50.8 Å². The summed E-state index contributed by atoms with van der Waals surface area (Å²) in [5.74, 6) is 0.286. The summed E-state index contributed by atoms with van der Waals surface area (Å²) in [5.41, 5.74) is -0.557. The van der Waals surface area contributed by atoms with Gasteiger partial charge in [0.05, 0.1) is 13.2 Å². The van der Waals surface area contributed by atoms with Crippen LogP contribution in [-0.2, 0) is 14.3 Å². The number of nitrogens with one attached hydrogen (secondary N) is 1. The third-order valence-electron chi connectivity index (χ3n) is 4.64. The lowest BCUT2D eigenvalue weighted by atomic mass is 9.90. The molecule has 1 aliphatic heterocycles. The molecule has 2 fully saturated rings. The van der Waals surface area contributed by atoms with Gasteiger partial charge < -0.3 is 9.47 Å². The van der Waals surface area contributed by atoms with Crippen molar-refractivity contribution in [1.29, 1.82) is 0 Å². The first-order chi connectivity index (χ1) is 10.0. The van der Waals surface area contributed by atoms with E-state index in [2.05, 4.69) is 24.1 Å². The van der Waals surface area contributed by atoms with Gasteiger partial charge in [0.25, 0.3) is 0 Å². The van der Waals surface area contributed by atoms with Crippen LogP contribution in [0.15, 0.2) is 0 Å². The van der Waals surface area contributed by atoms with E-state index in [4.69, 9.17) is 9.47 Å². The van der Waals surface area contributed by atoms with Crippen molar-refractivity contribution < 1.29 is 14.3 Å². The van der Waals surface area contributed by atoms with Crippen LogP contribution < -0.4 is 5.32 Å². The Morgan fingerprint density at radius 3 is 2.57 bits per heavy atom. The van der Waals surface area contributed by atoms with E-state index in [0.29, 0.717) is 5.92 Å². The Labute approximate surface area is 128 Å². The lowest BCUT2D eigenvalue weighted by Crippen LogP contribution is -2.64. The van der Waals surface area contributed by atoms with Crippen LogP contribution >= 0.6 is 0 Å². The zero-order chi connectivity index (χ0) is 15.5. The van der Waals surface area contributed by atoms with Crippen molar-refractivity contribution in [3.05, 3.63) is 0 Å². The number of rotatable bonds is 7. The lowest BCUT2D eigenvalue weighted by molar-refractivity contribution is -0.151. The highest BCUT2D eigenvalue weighted by Gasteiger charge is 2.53. The number of carbonyl (C=O) groups is 1. The molecular formula is C16H30N2O3. The SMILES string of the molecule is COC(=O)C(CN1CCCC(OC)C1)(NC(C)C)C1CC1. The summed E-state index contributed by atoms with van der Waals surface area (Å²) in [6.45, 7) is 6.84. The van der Waals surface area contributed by atoms with Crippen LogP contribution in [0.3, 0.4) is 0 Å². The lowest BCUT2D eigenvalue weighted by Gasteiger charge is -2.41. The van der Waals surface area contributed by atoms with Crippen molar-refractivity contribution in [3.63, 3.8) is 0 Å². The summed E-state index contributed by atoms with van der Waals surface area (Å²) in [6, 6.07) is 0.257. The first kappa shape index (κ1) is 16.7. The first-order valence-corrected chi connectivity index (χ1v) is 8.13. The third kappa shape index (κ3) is 3.96. The van der Waals surface area contributed by atoms with E-state index in [1.807, 2.05) is 0 Å². The van der Waals surface area contributed by atoms with Crippen LogP contribution in [0.1, 0.15) is 39.5 Å². The van der Waals surface area contributed by atoms with Crippen LogP contribution in [0.4, 0.5) is 0 Å². The predicted octanol–water partition coefficient (Wildman–Crippen LogP) is 1.42. The number of piperidine rings is 1. The maximum absolute atomic E-state index is 12.5. The highest BCUT2D eigenvalue weighted by Crippen LogP contribution is 2.41. The van der Waals surface area contributed by atoms with E-state index in [0.717, 1.165) is 45.3 Å². The van der Waals surface area contributed by atoms with E-state index in [9.17, 15) is 4.79 Å². The first-order valence-electron chi connectivity index (χ1n) is 8.13. The Kier molecular flexibility index (Phi) is 5.63. The minimum Gasteiger partial charge on any atom is -0.468 e. The van der Waals surface area contributed by atoms with Crippen LogP contribution in [0, 0.1) is 5.92 Å². The van der Waals surface area contributed by atoms with Crippen LogP contribution in [0.2, 0.25) is 0 Å². The molecule has 1 aliphatic carbocycles. The molecule has 21 heavy (non-hydrogen) atoms. The molecule has 122 valence electrons. The highest BCUT2D eigenvalue weighted by molar-refractivity contribution is 5.82. The number of ether oxygens (including phenoxy) is 2. The summed E-state index contributed by atoms with van der Waals surface area (Å²) in [5, 5.41) is 3.53. The Balaban J connectivity index is 2.12. The molecule has 5 heteroatoms. The Hall–Kier alpha value is -0.650. The molecule has 0 amide bonds. The van der Waals surface area contributed by atoms with Crippen molar-refractivity contribution in [2.45, 2.75) is 57.2 Å². The molecular weight excluding hydrogens is 268 g/mol. The summed E-state index contributed by atoms with van der Waals surface area (Å²) in [7, 11) is 3.27. The molecule has 2 unspecified atom stereocenters. The van der Waals surface area contributed by atoms with Crippen molar-refractivity contribution in [2.75, 3.05) is 33.9 Å². The molecule has 0 aromatic rings. The molecule has 2 rings (SSSR count). The average molecular weight is 298 g/mol. The van der Waals surface area contributed by atoms with Gasteiger partial charge in [0.1, 0.15) is 5.54 Å². The minimum absolute atomic E-state index is 0.113. The van der Waals surface area contributed by atoms with Gasteiger partial charge in [-0.15, -0.1) is 0 Å². The normalized spacial score (nSPS) is 26.6. The predicted molar refractivity (Wildman–Crippen MR) is 82.2 cm³/mol. The minimum atomic E-state index is -0.557. The van der Waals surface area contributed by atoms with Gasteiger partial charge in [0.15, 0.2) is 0 Å². The van der Waals surface area contributed by atoms with Gasteiger partial charge in [-0.25, -0.2) is 4.79 Å². The number of methoxy groups -OCH3 is 2. The number of esters is 1. The van der Waals surface area contributed by atoms with Gasteiger partial charge in [-0.1, -0.05) is 0 Å². The number of hydrogen-bond acceptors (Lipinski definition) is 5. The summed E-state index contributed by atoms with van der Waals surface area (Å²) in [6.07, 6.45) is 4.74. The number of likely N-dealkylation sites (tertiary alicyclic amines) is 1. The second-order valence-electron chi connectivity index (χ2n) is 6.77. The summed E-state index contributed by atoms with van der Waals surface area (Å²) < 4.78 is 10.7. The Morgan fingerprint density at radius 2 is 2.05 bits per heavy atom. The fourth-order valence-electron chi connectivity index (χ4n) is 3.56. The second-order valence-corrected chi connectivity index (χ2v) is 6.77. The Bertz CT molecular complexity index is 357. The smallest absolute Gasteiger partial charge is 0.327 e. The molecule has 1 heterocycles. The molecule has 0 radical (unpaired) electrons. The van der Waals surface area contributed by atoms with Crippen LogP contribution in [0.5, 0.6) is 0 Å². The van der Waals surface area contributed by atoms with Crippen molar-refractivity contribution >= 4 is 5.97 Å². The summed E-state index contributed by atoms with van der Waals surface area (Å²) >= 11 is 0. The van der Waals surface area contributed by atoms with Gasteiger partial charge in [-0.05, 0) is 52.0 Å². The van der Waals surface area contributed by atoms with Crippen molar-refractivity contribution in [2.24, 2.45) is 5.92 Å². The molecule has 0 bridgehead atoms. The van der Waals surface area contributed by atoms with Crippen molar-refractivity contribution in [3.8, 4) is 0 Å². The van der Waals surface area contributed by atoms with E-state index < -0.39 is 5.54 Å². The van der Waals surface area contributed by atoms with Crippen LogP contribution in [-0.4, -0.2) is 62.4 Å². The summed E-state index contributed by atoms with van der Waals surface area (Å²) in [4.78, 5) is 14.9. The maximum atomic E-state index is 12.5. The average Bonchev–Trinajstić information content (AvgIpc) is 3.30. The fraction of sp³-hybridized carbons (Fsp3) is 0.938. The zero-order valence-corrected chi connectivity index (χ0v) is 13.9. The standard InChI is InChI=1S/C16H30N2O3/c1-12(2)17-16(13-7-8-13,15(19)21-4)11-18-9-5-6-14(10-18)20-3/h12-14,17H,5-11H2,1-4H3. The third-order valence-corrected chi connectivity index (χ3v) is 4.64. The molecule has 1 saturated heterocycles. The van der Waals surface area contributed by atoms with Gasteiger partial charge >= 0.3 is 5.97 Å². The number of hydrogen-bond donors (Lipinski definition) is 1. The van der Waals surface area contributed by atoms with E-state index in [1.165, 1.54) is 7.11 Å². The second kappa shape index (κ2) is 7.07. The maximum Gasteiger partial charge on any atom is 0.327 e. The van der Waals surface area contributed by atoms with Gasteiger partial charge in [-0.3, -0.25) is 10.2 Å². The van der Waals surface area contributed by atoms with Crippen LogP contribution in [0.25, 0.3) is 0 Å². The monoisotopic (exact) mass is 298 g/mol. The van der Waals surface area contributed by atoms with Gasteiger partial charge in [-0.2, -0.15) is 0 Å². The molecule has 2 aliphatic rings. The van der Waals surface area contributed by atoms with Gasteiger partial charge in [0.2, 0.25) is 0 Å².